The zero-order valence-corrected chi connectivity index (χ0v) is 19.4. The Labute approximate surface area is 192 Å². The zero-order valence-electron chi connectivity index (χ0n) is 18.6. The van der Waals surface area contributed by atoms with Gasteiger partial charge in [0.05, 0.1) is 12.0 Å². The normalized spacial score (nSPS) is 14.3. The highest BCUT2D eigenvalue weighted by atomic mass is 32.2. The van der Waals surface area contributed by atoms with E-state index in [9.17, 15) is 13.2 Å². The van der Waals surface area contributed by atoms with Gasteiger partial charge in [0.2, 0.25) is 15.8 Å². The molecule has 3 aromatic rings. The lowest BCUT2D eigenvalue weighted by Gasteiger charge is -2.24. The van der Waals surface area contributed by atoms with Crippen LogP contribution in [0.2, 0.25) is 0 Å². The molecule has 1 fully saturated rings. The van der Waals surface area contributed by atoms with E-state index in [2.05, 4.69) is 14.9 Å². The predicted octanol–water partition coefficient (Wildman–Crippen LogP) is 3.16. The number of benzene rings is 2. The smallest absolute Gasteiger partial charge is 0.316 e. The molecule has 1 aromatic heterocycles. The van der Waals surface area contributed by atoms with Gasteiger partial charge < -0.3 is 14.2 Å². The van der Waals surface area contributed by atoms with Crippen molar-refractivity contribution in [1.29, 1.82) is 0 Å². The molecule has 4 rings (SSSR count). The number of hydrogen-bond acceptors (Lipinski definition) is 7. The highest BCUT2D eigenvalue weighted by Crippen LogP contribution is 2.24. The van der Waals surface area contributed by atoms with Gasteiger partial charge >= 0.3 is 11.8 Å². The minimum atomic E-state index is -3.80. The number of sulfonamides is 1. The Hall–Kier alpha value is -3.24. The summed E-state index contributed by atoms with van der Waals surface area (Å²) in [5.74, 6) is 0.481. The monoisotopic (exact) mass is 470 g/mol. The maximum Gasteiger partial charge on any atom is 0.316 e. The van der Waals surface area contributed by atoms with Crippen LogP contribution in [-0.2, 0) is 16.6 Å². The van der Waals surface area contributed by atoms with Gasteiger partial charge in [0.25, 0.3) is 0 Å². The second kappa shape index (κ2) is 9.72. The summed E-state index contributed by atoms with van der Waals surface area (Å²) in [6.07, 6.45) is 3.01. The molecular formula is C23H26N4O5S. The second-order valence-corrected chi connectivity index (χ2v) is 9.66. The van der Waals surface area contributed by atoms with E-state index in [1.165, 1.54) is 6.07 Å². The van der Waals surface area contributed by atoms with E-state index in [1.54, 1.807) is 55.3 Å². The minimum Gasteiger partial charge on any atom is -0.497 e. The number of rotatable bonds is 7. The second-order valence-electron chi connectivity index (χ2n) is 7.93. The Morgan fingerprint density at radius 2 is 1.85 bits per heavy atom. The molecule has 0 bridgehead atoms. The number of likely N-dealkylation sites (tertiary alicyclic amines) is 1. The fraction of sp³-hybridized carbons (Fsp3) is 0.348. The number of nitrogens with one attached hydrogen (secondary N) is 1. The first-order valence-electron chi connectivity index (χ1n) is 10.7. The van der Waals surface area contributed by atoms with Gasteiger partial charge in [0.15, 0.2) is 0 Å². The van der Waals surface area contributed by atoms with E-state index >= 15 is 0 Å². The molecule has 0 unspecified atom stereocenters. The average Bonchev–Trinajstić information content (AvgIpc) is 3.34. The highest BCUT2D eigenvalue weighted by molar-refractivity contribution is 7.89. The molecule has 1 aliphatic rings. The van der Waals surface area contributed by atoms with Crippen molar-refractivity contribution in [2.75, 3.05) is 20.2 Å². The summed E-state index contributed by atoms with van der Waals surface area (Å²) in [6, 6.07) is 12.0. The van der Waals surface area contributed by atoms with E-state index in [4.69, 9.17) is 9.26 Å². The number of carbonyl (C=O) groups excluding carboxylic acids is 1. The lowest BCUT2D eigenvalue weighted by molar-refractivity contribution is 0.0674. The van der Waals surface area contributed by atoms with Gasteiger partial charge in [0, 0.05) is 25.2 Å². The van der Waals surface area contributed by atoms with Crippen LogP contribution in [0.1, 0.15) is 41.1 Å². The molecule has 0 saturated carbocycles. The van der Waals surface area contributed by atoms with Crippen molar-refractivity contribution < 1.29 is 22.5 Å². The molecule has 0 spiro atoms. The number of methoxy groups -OCH3 is 1. The van der Waals surface area contributed by atoms with E-state index in [0.29, 0.717) is 30.0 Å². The molecule has 33 heavy (non-hydrogen) atoms. The molecule has 2 aromatic carbocycles. The number of carbonyl (C=O) groups is 1. The van der Waals surface area contributed by atoms with Crippen LogP contribution in [0, 0.1) is 6.92 Å². The Bertz CT molecular complexity index is 1230. The van der Waals surface area contributed by atoms with E-state index in [1.807, 2.05) is 0 Å². The van der Waals surface area contributed by atoms with Crippen molar-refractivity contribution in [1.82, 2.24) is 19.8 Å². The summed E-state index contributed by atoms with van der Waals surface area (Å²) in [7, 11) is -2.23. The van der Waals surface area contributed by atoms with Crippen molar-refractivity contribution in [2.45, 2.75) is 37.6 Å². The first-order chi connectivity index (χ1) is 15.9. The summed E-state index contributed by atoms with van der Waals surface area (Å²) in [5, 5.41) is 3.90. The fourth-order valence-electron chi connectivity index (χ4n) is 3.69. The predicted molar refractivity (Wildman–Crippen MR) is 121 cm³/mol. The van der Waals surface area contributed by atoms with Crippen LogP contribution in [0.5, 0.6) is 5.75 Å². The molecule has 1 amide bonds. The molecule has 1 N–H and O–H groups in total. The molecular weight excluding hydrogens is 444 g/mol. The molecule has 1 saturated heterocycles. The summed E-state index contributed by atoms with van der Waals surface area (Å²) in [6.45, 7) is 3.19. The largest absolute Gasteiger partial charge is 0.497 e. The van der Waals surface area contributed by atoms with Crippen LogP contribution in [0.3, 0.4) is 0 Å². The third-order valence-electron chi connectivity index (χ3n) is 5.61. The number of amides is 1. The van der Waals surface area contributed by atoms with Crippen molar-refractivity contribution >= 4 is 15.9 Å². The number of aryl methyl sites for hydroxylation is 1. The standard InChI is InChI=1S/C23H26N4O5S/c1-16-6-9-18(21-25-22(32-26-21)23(28)27-12-4-3-5-13-27)14-20(16)33(29,30)24-15-17-7-10-19(31-2)11-8-17/h6-11,14,24H,3-5,12-13,15H2,1-2H3. The first-order valence-corrected chi connectivity index (χ1v) is 12.2. The maximum absolute atomic E-state index is 13.0. The molecule has 0 atom stereocenters. The zero-order chi connectivity index (χ0) is 23.4. The van der Waals surface area contributed by atoms with Gasteiger partial charge in [-0.2, -0.15) is 4.98 Å². The van der Waals surface area contributed by atoms with E-state index < -0.39 is 10.0 Å². The summed E-state index contributed by atoms with van der Waals surface area (Å²) in [4.78, 5) is 18.6. The van der Waals surface area contributed by atoms with Gasteiger partial charge in [0.1, 0.15) is 5.75 Å². The van der Waals surface area contributed by atoms with Crippen molar-refractivity contribution in [3.8, 4) is 17.1 Å². The van der Waals surface area contributed by atoms with Gasteiger partial charge in [-0.25, -0.2) is 13.1 Å². The number of hydrogen-bond donors (Lipinski definition) is 1. The van der Waals surface area contributed by atoms with Crippen molar-refractivity contribution in [3.05, 3.63) is 59.5 Å². The molecule has 174 valence electrons. The topological polar surface area (TPSA) is 115 Å². The van der Waals surface area contributed by atoms with Crippen LogP contribution in [0.4, 0.5) is 0 Å². The number of nitrogens with zero attached hydrogens (tertiary/aromatic N) is 3. The maximum atomic E-state index is 13.0. The highest BCUT2D eigenvalue weighted by Gasteiger charge is 2.25. The number of piperidine rings is 1. The van der Waals surface area contributed by atoms with Crippen molar-refractivity contribution in [2.24, 2.45) is 0 Å². The molecule has 10 heteroatoms. The van der Waals surface area contributed by atoms with Gasteiger partial charge in [-0.3, -0.25) is 4.79 Å². The third kappa shape index (κ3) is 5.23. The Morgan fingerprint density at radius 1 is 1.12 bits per heavy atom. The molecule has 1 aliphatic heterocycles. The summed E-state index contributed by atoms with van der Waals surface area (Å²) in [5.41, 5.74) is 1.83. The SMILES string of the molecule is COc1ccc(CNS(=O)(=O)c2cc(-c3noc(C(=O)N4CCCCC4)n3)ccc2C)cc1. The Morgan fingerprint density at radius 3 is 2.55 bits per heavy atom. The quantitative estimate of drug-likeness (QED) is 0.564. The average molecular weight is 471 g/mol. The van der Waals surface area contributed by atoms with Crippen LogP contribution in [-0.4, -0.2) is 49.6 Å². The first kappa shape index (κ1) is 22.9. The van der Waals surface area contributed by atoms with Gasteiger partial charge in [-0.05, 0) is 55.5 Å². The Kier molecular flexibility index (Phi) is 6.75. The van der Waals surface area contributed by atoms with Crippen LogP contribution in [0.25, 0.3) is 11.4 Å². The summed E-state index contributed by atoms with van der Waals surface area (Å²) >= 11 is 0. The molecule has 9 nitrogen and oxygen atoms in total. The van der Waals surface area contributed by atoms with Crippen LogP contribution in [0.15, 0.2) is 51.9 Å². The molecule has 0 radical (unpaired) electrons. The minimum absolute atomic E-state index is 0.0884. The number of ether oxygens (including phenoxy) is 1. The van der Waals surface area contributed by atoms with Gasteiger partial charge in [-0.1, -0.05) is 29.4 Å². The fourth-order valence-corrected chi connectivity index (χ4v) is 4.97. The Balaban J connectivity index is 1.52. The lowest BCUT2D eigenvalue weighted by atomic mass is 10.1. The number of aromatic nitrogens is 2. The lowest BCUT2D eigenvalue weighted by Crippen LogP contribution is -2.35. The summed E-state index contributed by atoms with van der Waals surface area (Å²) < 4.78 is 38.9. The molecule has 2 heterocycles. The van der Waals surface area contributed by atoms with E-state index in [0.717, 1.165) is 24.8 Å². The third-order valence-corrected chi connectivity index (χ3v) is 7.16. The van der Waals surface area contributed by atoms with E-state index in [-0.39, 0.29) is 29.1 Å². The van der Waals surface area contributed by atoms with Gasteiger partial charge in [-0.15, -0.1) is 0 Å². The van der Waals surface area contributed by atoms with Crippen molar-refractivity contribution in [3.63, 3.8) is 0 Å². The molecule has 0 aliphatic carbocycles. The van der Waals surface area contributed by atoms with Crippen LogP contribution >= 0.6 is 0 Å². The van der Waals surface area contributed by atoms with Crippen LogP contribution < -0.4 is 9.46 Å².